The van der Waals surface area contributed by atoms with Gasteiger partial charge in [-0.25, -0.2) is 0 Å². The molecular formula is C22H23F3O6. The number of alkyl halides is 3. The Hall–Kier alpha value is -3.07. The highest BCUT2D eigenvalue weighted by Crippen LogP contribution is 2.30. The van der Waals surface area contributed by atoms with Gasteiger partial charge in [-0.1, -0.05) is 12.1 Å². The first-order chi connectivity index (χ1) is 14.6. The topological polar surface area (TPSA) is 71.1 Å². The number of hydrogen-bond donors (Lipinski definition) is 0. The molecule has 0 aromatic heterocycles. The van der Waals surface area contributed by atoms with E-state index in [9.17, 15) is 22.8 Å². The SMILES string of the molecule is COC[C@H](COc1ccc(OCc2cccc(C(F)(F)F)c2)cc1C(C)=O)OC(C)=O. The largest absolute Gasteiger partial charge is 0.489 e. The fourth-order valence-electron chi connectivity index (χ4n) is 2.72. The number of carbonyl (C=O) groups excluding carboxylic acids is 2. The summed E-state index contributed by atoms with van der Waals surface area (Å²) in [6.45, 7) is 2.59. The quantitative estimate of drug-likeness (QED) is 0.402. The Kier molecular flexibility index (Phi) is 8.44. The molecule has 0 saturated heterocycles. The maximum atomic E-state index is 12.8. The van der Waals surface area contributed by atoms with E-state index in [1.54, 1.807) is 0 Å². The molecule has 168 valence electrons. The van der Waals surface area contributed by atoms with Gasteiger partial charge in [0.1, 0.15) is 24.7 Å². The van der Waals surface area contributed by atoms with Crippen LogP contribution < -0.4 is 9.47 Å². The van der Waals surface area contributed by atoms with Gasteiger partial charge in [0.2, 0.25) is 0 Å². The summed E-state index contributed by atoms with van der Waals surface area (Å²) in [5, 5.41) is 0. The van der Waals surface area contributed by atoms with Crippen LogP contribution in [0.4, 0.5) is 13.2 Å². The van der Waals surface area contributed by atoms with Gasteiger partial charge in [-0.3, -0.25) is 9.59 Å². The number of methoxy groups -OCH3 is 1. The molecule has 0 aliphatic carbocycles. The van der Waals surface area contributed by atoms with Crippen LogP contribution in [-0.2, 0) is 27.1 Å². The van der Waals surface area contributed by atoms with Crippen LogP contribution in [-0.4, -0.2) is 38.2 Å². The lowest BCUT2D eigenvalue weighted by Gasteiger charge is -2.18. The highest BCUT2D eigenvalue weighted by molar-refractivity contribution is 5.97. The number of ether oxygens (including phenoxy) is 4. The summed E-state index contributed by atoms with van der Waals surface area (Å²) in [7, 11) is 1.45. The van der Waals surface area contributed by atoms with Gasteiger partial charge < -0.3 is 18.9 Å². The molecule has 0 fully saturated rings. The molecule has 0 saturated carbocycles. The third-order valence-electron chi connectivity index (χ3n) is 4.10. The maximum absolute atomic E-state index is 12.8. The number of halogens is 3. The molecule has 0 radical (unpaired) electrons. The second-order valence-electron chi connectivity index (χ2n) is 6.70. The van der Waals surface area contributed by atoms with Crippen LogP contribution in [0.1, 0.15) is 35.3 Å². The summed E-state index contributed by atoms with van der Waals surface area (Å²) in [6.07, 6.45) is -5.09. The molecule has 1 atom stereocenters. The molecule has 2 aromatic carbocycles. The Morgan fingerprint density at radius 2 is 1.74 bits per heavy atom. The molecule has 9 heteroatoms. The molecule has 0 N–H and O–H groups in total. The van der Waals surface area contributed by atoms with Gasteiger partial charge in [-0.2, -0.15) is 13.2 Å². The highest BCUT2D eigenvalue weighted by atomic mass is 19.4. The summed E-state index contributed by atoms with van der Waals surface area (Å²) >= 11 is 0. The number of ketones is 1. The molecule has 0 bridgehead atoms. The van der Waals surface area contributed by atoms with Crippen LogP contribution in [0.2, 0.25) is 0 Å². The fourth-order valence-corrected chi connectivity index (χ4v) is 2.72. The van der Waals surface area contributed by atoms with Crippen LogP contribution >= 0.6 is 0 Å². The van der Waals surface area contributed by atoms with E-state index < -0.39 is 23.8 Å². The zero-order chi connectivity index (χ0) is 23.0. The number of carbonyl (C=O) groups is 2. The fraction of sp³-hybridized carbons (Fsp3) is 0.364. The van der Waals surface area contributed by atoms with Gasteiger partial charge >= 0.3 is 12.1 Å². The molecule has 0 unspecified atom stereocenters. The molecule has 2 aromatic rings. The Labute approximate surface area is 177 Å². The second-order valence-corrected chi connectivity index (χ2v) is 6.70. The van der Waals surface area contributed by atoms with E-state index in [2.05, 4.69) is 0 Å². The smallest absolute Gasteiger partial charge is 0.416 e. The Morgan fingerprint density at radius 1 is 1.00 bits per heavy atom. The lowest BCUT2D eigenvalue weighted by molar-refractivity contribution is -0.150. The number of hydrogen-bond acceptors (Lipinski definition) is 6. The average Bonchev–Trinajstić information content (AvgIpc) is 2.70. The van der Waals surface area contributed by atoms with E-state index in [-0.39, 0.29) is 36.9 Å². The standard InChI is InChI=1S/C22H23F3O6/c1-14(26)20-10-18(29-11-16-5-4-6-17(9-16)22(23,24)25)7-8-21(20)30-13-19(12-28-3)31-15(2)27/h4-10,19H,11-13H2,1-3H3/t19-/m1/s1. The minimum atomic E-state index is -4.44. The Bertz CT molecular complexity index is 910. The van der Waals surface area contributed by atoms with Crippen LogP contribution in [0.25, 0.3) is 0 Å². The van der Waals surface area contributed by atoms with Crippen molar-refractivity contribution in [2.75, 3.05) is 20.3 Å². The predicted molar refractivity (Wildman–Crippen MR) is 105 cm³/mol. The molecular weight excluding hydrogens is 417 g/mol. The molecule has 0 heterocycles. The van der Waals surface area contributed by atoms with Gasteiger partial charge in [0.25, 0.3) is 0 Å². The number of rotatable bonds is 10. The molecule has 0 aliphatic heterocycles. The normalized spacial score (nSPS) is 12.2. The lowest BCUT2D eigenvalue weighted by Crippen LogP contribution is -2.28. The van der Waals surface area contributed by atoms with Crippen molar-refractivity contribution in [3.63, 3.8) is 0 Å². The molecule has 0 spiro atoms. The first-order valence-electron chi connectivity index (χ1n) is 9.33. The third kappa shape index (κ3) is 7.60. The number of benzene rings is 2. The summed E-state index contributed by atoms with van der Waals surface area (Å²) < 4.78 is 59.8. The maximum Gasteiger partial charge on any atom is 0.416 e. The van der Waals surface area contributed by atoms with E-state index in [1.807, 2.05) is 0 Å². The van der Waals surface area contributed by atoms with Crippen molar-refractivity contribution in [3.05, 3.63) is 59.2 Å². The minimum Gasteiger partial charge on any atom is -0.489 e. The molecule has 0 aliphatic rings. The Balaban J connectivity index is 2.09. The van der Waals surface area contributed by atoms with E-state index in [4.69, 9.17) is 18.9 Å². The van der Waals surface area contributed by atoms with Gasteiger partial charge in [-0.15, -0.1) is 0 Å². The molecule has 0 amide bonds. The van der Waals surface area contributed by atoms with Crippen molar-refractivity contribution >= 4 is 11.8 Å². The van der Waals surface area contributed by atoms with Crippen LogP contribution in [0.15, 0.2) is 42.5 Å². The molecule has 2 rings (SSSR count). The van der Waals surface area contributed by atoms with Crippen LogP contribution in [0.3, 0.4) is 0 Å². The van der Waals surface area contributed by atoms with Gasteiger partial charge in [-0.05, 0) is 42.8 Å². The summed E-state index contributed by atoms with van der Waals surface area (Å²) in [5.74, 6) is -0.235. The monoisotopic (exact) mass is 440 g/mol. The third-order valence-corrected chi connectivity index (χ3v) is 4.10. The first kappa shape index (κ1) is 24.2. The Morgan fingerprint density at radius 3 is 2.35 bits per heavy atom. The van der Waals surface area contributed by atoms with Crippen molar-refractivity contribution in [1.82, 2.24) is 0 Å². The van der Waals surface area contributed by atoms with Gasteiger partial charge in [0.05, 0.1) is 17.7 Å². The molecule has 6 nitrogen and oxygen atoms in total. The lowest BCUT2D eigenvalue weighted by atomic mass is 10.1. The molecule has 31 heavy (non-hydrogen) atoms. The van der Waals surface area contributed by atoms with E-state index >= 15 is 0 Å². The van der Waals surface area contributed by atoms with Crippen molar-refractivity contribution < 1.29 is 41.7 Å². The summed E-state index contributed by atoms with van der Waals surface area (Å²) in [5.41, 5.74) is -0.205. The summed E-state index contributed by atoms with van der Waals surface area (Å²) in [4.78, 5) is 23.2. The van der Waals surface area contributed by atoms with Gasteiger partial charge in [0.15, 0.2) is 11.9 Å². The van der Waals surface area contributed by atoms with Crippen molar-refractivity contribution in [2.45, 2.75) is 32.7 Å². The van der Waals surface area contributed by atoms with E-state index in [1.165, 1.54) is 51.3 Å². The number of esters is 1. The average molecular weight is 440 g/mol. The number of Topliss-reactive ketones (excluding diaryl/α,β-unsaturated/α-hetero) is 1. The van der Waals surface area contributed by atoms with Crippen molar-refractivity contribution in [2.24, 2.45) is 0 Å². The van der Waals surface area contributed by atoms with Crippen molar-refractivity contribution in [3.8, 4) is 11.5 Å². The van der Waals surface area contributed by atoms with E-state index in [0.29, 0.717) is 11.3 Å². The van der Waals surface area contributed by atoms with Crippen LogP contribution in [0.5, 0.6) is 11.5 Å². The highest BCUT2D eigenvalue weighted by Gasteiger charge is 2.30. The second kappa shape index (κ2) is 10.8. The van der Waals surface area contributed by atoms with Crippen molar-refractivity contribution in [1.29, 1.82) is 0 Å². The zero-order valence-corrected chi connectivity index (χ0v) is 17.3. The van der Waals surface area contributed by atoms with Gasteiger partial charge in [0, 0.05) is 14.0 Å². The minimum absolute atomic E-state index is 0.0296. The zero-order valence-electron chi connectivity index (χ0n) is 17.3. The predicted octanol–water partition coefficient (Wildman–Crippen LogP) is 4.44. The van der Waals surface area contributed by atoms with Crippen LogP contribution in [0, 0.1) is 0 Å². The van der Waals surface area contributed by atoms with E-state index in [0.717, 1.165) is 12.1 Å². The first-order valence-corrected chi connectivity index (χ1v) is 9.33. The summed E-state index contributed by atoms with van der Waals surface area (Å²) in [6, 6.07) is 9.30.